The molecule has 0 spiro atoms. The van der Waals surface area contributed by atoms with Crippen LogP contribution in [0.2, 0.25) is 0 Å². The summed E-state index contributed by atoms with van der Waals surface area (Å²) in [6, 6.07) is 0. The van der Waals surface area contributed by atoms with Crippen molar-refractivity contribution in [3.05, 3.63) is 0 Å². The second kappa shape index (κ2) is 4220000. The molecular formula is H82O40Sr. The molecule has 0 bridgehead atoms. The van der Waals surface area contributed by atoms with Gasteiger partial charge >= 0.3 is 45.5 Å². The van der Waals surface area contributed by atoms with Crippen LogP contribution in [0.5, 0.6) is 0 Å². The Morgan fingerprint density at radius 3 is 0.0488 bits per heavy atom. The van der Waals surface area contributed by atoms with Gasteiger partial charge in [0.1, 0.15) is 0 Å². The van der Waals surface area contributed by atoms with E-state index in [4.69, 9.17) is 0 Å². The minimum absolute atomic E-state index is 0. The molecule has 324 valence electrons. The topological polar surface area (TPSA) is 1260 Å². The van der Waals surface area contributed by atoms with Gasteiger partial charge in [-0.3, -0.25) is 0 Å². The van der Waals surface area contributed by atoms with Crippen LogP contribution in [-0.2, 0) is 0 Å². The molecular weight excluding hydrogens is 728 g/mol. The molecule has 0 heterocycles. The molecule has 41 heavy (non-hydrogen) atoms. The summed E-state index contributed by atoms with van der Waals surface area (Å²) >= 11 is 0. The summed E-state index contributed by atoms with van der Waals surface area (Å²) in [6.45, 7) is 0. The third-order valence-electron chi connectivity index (χ3n) is 0. The third kappa shape index (κ3) is 4010000. The van der Waals surface area contributed by atoms with E-state index < -0.39 is 0 Å². The van der Waals surface area contributed by atoms with Gasteiger partial charge in [0.05, 0.1) is 0 Å². The molecule has 0 aromatic heterocycles. The molecule has 41 heteroatoms. The van der Waals surface area contributed by atoms with Crippen LogP contribution in [0, 0.1) is 0 Å². The zero-order valence-corrected chi connectivity index (χ0v) is 20.0. The van der Waals surface area contributed by atoms with Gasteiger partial charge in [-0.2, -0.15) is 0 Å². The second-order valence-corrected chi connectivity index (χ2v) is 0. The fraction of sp³-hybridized carbons (Fsp3) is 0. The van der Waals surface area contributed by atoms with Gasteiger partial charge in [-0.15, -0.1) is 0 Å². The Morgan fingerprint density at radius 1 is 0.0488 bits per heavy atom. The van der Waals surface area contributed by atoms with Gasteiger partial charge in [0.2, 0.25) is 0 Å². The Hall–Kier alpha value is -0.119. The van der Waals surface area contributed by atoms with Crippen molar-refractivity contribution in [1.29, 1.82) is 0 Å². The van der Waals surface area contributed by atoms with Gasteiger partial charge in [-0.05, 0) is 0 Å². The van der Waals surface area contributed by atoms with Crippen LogP contribution in [0.1, 0.15) is 0 Å². The SMILES string of the molecule is O.O.O.O.O.O.O.O.O.O.O.O.O.O.O.O.O.O.O.O.O.O.O.O.O.O.O.O.O.O.O.O.O.O.O.O.O.O.O.O.[SrH2]. The van der Waals surface area contributed by atoms with Gasteiger partial charge in [0, 0.05) is 0 Å². The first-order valence-electron chi connectivity index (χ1n) is 0. The van der Waals surface area contributed by atoms with Crippen molar-refractivity contribution >= 4 is 45.5 Å². The Kier molecular flexibility index (Phi) is 469000000000. The van der Waals surface area contributed by atoms with E-state index in [1.807, 2.05) is 0 Å². The first-order chi connectivity index (χ1) is 0. The van der Waals surface area contributed by atoms with Crippen LogP contribution in [-0.4, -0.2) is 265 Å². The van der Waals surface area contributed by atoms with Gasteiger partial charge in [-0.1, -0.05) is 0 Å². The van der Waals surface area contributed by atoms with Crippen molar-refractivity contribution in [2.24, 2.45) is 0 Å². The molecule has 0 aromatic carbocycles. The number of hydrogen-bond acceptors (Lipinski definition) is 0. The zero-order valence-electron chi connectivity index (χ0n) is 20.0. The second-order valence-electron chi connectivity index (χ2n) is 0. The normalized spacial score (nSPS) is 0. The molecule has 0 atom stereocenters. The van der Waals surface area contributed by atoms with Crippen molar-refractivity contribution in [2.45, 2.75) is 0 Å². The quantitative estimate of drug-likeness (QED) is 0.206. The molecule has 0 unspecified atom stereocenters. The summed E-state index contributed by atoms with van der Waals surface area (Å²) in [6.07, 6.45) is 0. The molecule has 80 N–H and O–H groups in total. The Labute approximate surface area is 264 Å². The third-order valence-corrected chi connectivity index (χ3v) is 0. The van der Waals surface area contributed by atoms with E-state index >= 15 is 0 Å². The summed E-state index contributed by atoms with van der Waals surface area (Å²) in [5, 5.41) is 0. The van der Waals surface area contributed by atoms with E-state index in [1.165, 1.54) is 0 Å². The van der Waals surface area contributed by atoms with Gasteiger partial charge < -0.3 is 219 Å². The van der Waals surface area contributed by atoms with Crippen molar-refractivity contribution in [2.75, 3.05) is 0 Å². The summed E-state index contributed by atoms with van der Waals surface area (Å²) in [5.41, 5.74) is 0. The molecule has 40 nitrogen and oxygen atoms in total. The molecule has 0 saturated carbocycles. The van der Waals surface area contributed by atoms with E-state index in [1.54, 1.807) is 0 Å². The monoisotopic (exact) mass is 810 g/mol. The van der Waals surface area contributed by atoms with Gasteiger partial charge in [0.15, 0.2) is 0 Å². The number of hydrogen-bond donors (Lipinski definition) is 0. The average Bonchev–Trinajstić information content (AvgIpc) is 0. The Balaban J connectivity index is 0. The van der Waals surface area contributed by atoms with E-state index in [2.05, 4.69) is 0 Å². The Bertz CT molecular complexity index is 6.78. The molecule has 0 rings (SSSR count). The average molecular weight is 810 g/mol. The maximum absolute atomic E-state index is 0. The van der Waals surface area contributed by atoms with Crippen LogP contribution < -0.4 is 0 Å². The van der Waals surface area contributed by atoms with Gasteiger partial charge in [-0.25, -0.2) is 0 Å². The molecule has 0 aliphatic rings. The molecule has 0 fully saturated rings. The van der Waals surface area contributed by atoms with E-state index in [9.17, 15) is 0 Å². The fourth-order valence-electron chi connectivity index (χ4n) is 0. The standard InChI is InChI=1S/40H2O.Sr.2H/h40*1H2;;;. The fourth-order valence-corrected chi connectivity index (χ4v) is 0. The summed E-state index contributed by atoms with van der Waals surface area (Å²) < 4.78 is 0. The molecule has 0 amide bonds. The van der Waals surface area contributed by atoms with Crippen molar-refractivity contribution in [1.82, 2.24) is 0 Å². The van der Waals surface area contributed by atoms with Crippen molar-refractivity contribution < 1.29 is 219 Å². The zero-order chi connectivity index (χ0) is 0. The van der Waals surface area contributed by atoms with Crippen LogP contribution in [0.15, 0.2) is 0 Å². The molecule has 0 radical (unpaired) electrons. The predicted molar refractivity (Wildman–Crippen MR) is 153 cm³/mol. The Morgan fingerprint density at radius 2 is 0.0488 bits per heavy atom. The summed E-state index contributed by atoms with van der Waals surface area (Å²) in [7, 11) is 0. The van der Waals surface area contributed by atoms with Gasteiger partial charge in [0.25, 0.3) is 0 Å². The van der Waals surface area contributed by atoms with Crippen LogP contribution in [0.3, 0.4) is 0 Å². The van der Waals surface area contributed by atoms with Crippen LogP contribution in [0.4, 0.5) is 0 Å². The van der Waals surface area contributed by atoms with E-state index in [-0.39, 0.29) is 265 Å². The van der Waals surface area contributed by atoms with E-state index in [0.717, 1.165) is 0 Å². The maximum atomic E-state index is 0. The molecule has 0 aromatic rings. The minimum atomic E-state index is 0. The summed E-state index contributed by atoms with van der Waals surface area (Å²) in [4.78, 5) is 0. The van der Waals surface area contributed by atoms with Crippen molar-refractivity contribution in [3.8, 4) is 0 Å². The number of rotatable bonds is 0. The first-order valence-corrected chi connectivity index (χ1v) is 0. The molecule has 0 aliphatic carbocycles. The first kappa shape index (κ1) is 4550000. The predicted octanol–water partition coefficient (Wildman–Crippen LogP) is -33.9. The molecule has 0 saturated heterocycles. The van der Waals surface area contributed by atoms with Crippen molar-refractivity contribution in [3.63, 3.8) is 0 Å². The summed E-state index contributed by atoms with van der Waals surface area (Å²) in [5.74, 6) is 0. The van der Waals surface area contributed by atoms with Crippen LogP contribution in [0.25, 0.3) is 0 Å². The van der Waals surface area contributed by atoms with E-state index in [0.29, 0.717) is 0 Å². The molecule has 0 aliphatic heterocycles. The van der Waals surface area contributed by atoms with Crippen LogP contribution >= 0.6 is 0 Å².